The molecule has 0 fully saturated rings. The fourth-order valence-electron chi connectivity index (χ4n) is 3.01. The van der Waals surface area contributed by atoms with Crippen molar-refractivity contribution < 1.29 is 4.74 Å². The third kappa shape index (κ3) is 4.54. The van der Waals surface area contributed by atoms with Crippen LogP contribution in [0.5, 0.6) is 5.75 Å². The van der Waals surface area contributed by atoms with Gasteiger partial charge in [0.25, 0.3) is 0 Å². The summed E-state index contributed by atoms with van der Waals surface area (Å²) in [7, 11) is 0. The summed E-state index contributed by atoms with van der Waals surface area (Å²) in [5, 5.41) is 4.69. The molecule has 0 saturated heterocycles. The van der Waals surface area contributed by atoms with Crippen LogP contribution < -0.4 is 10.2 Å². The van der Waals surface area contributed by atoms with Crippen LogP contribution in [0.2, 0.25) is 0 Å². The largest absolute Gasteiger partial charge is 0.494 e. The standard InChI is InChI=1S/C23H21BrN4O/c1-2-3-13-29-19-9-6-16(7-10-19)22-20-14-18(24)8-11-21(20)26-23(28-27-22)17-5-4-12-25-15-17/h4-12,14-15H,2-3,13H2,1H3,(H,26,28). The first-order valence-electron chi connectivity index (χ1n) is 9.60. The molecule has 3 aromatic rings. The second-order valence-corrected chi connectivity index (χ2v) is 7.58. The zero-order valence-electron chi connectivity index (χ0n) is 16.1. The van der Waals surface area contributed by atoms with Crippen molar-refractivity contribution >= 4 is 33.2 Å². The highest BCUT2D eigenvalue weighted by Crippen LogP contribution is 2.29. The molecule has 0 aliphatic carbocycles. The second-order valence-electron chi connectivity index (χ2n) is 6.66. The van der Waals surface area contributed by atoms with Gasteiger partial charge in [-0.05, 0) is 61.0 Å². The molecule has 1 aromatic heterocycles. The van der Waals surface area contributed by atoms with E-state index in [4.69, 9.17) is 9.73 Å². The molecular formula is C23H21BrN4O. The number of benzene rings is 2. The molecule has 5 nitrogen and oxygen atoms in total. The number of nitrogens with one attached hydrogen (secondary N) is 1. The lowest BCUT2D eigenvalue weighted by Crippen LogP contribution is -2.19. The van der Waals surface area contributed by atoms with Crippen molar-refractivity contribution in [3.05, 3.63) is 88.2 Å². The van der Waals surface area contributed by atoms with Crippen LogP contribution in [0.25, 0.3) is 0 Å². The average molecular weight is 449 g/mol. The third-order valence-electron chi connectivity index (χ3n) is 4.55. The molecule has 0 unspecified atom stereocenters. The molecule has 0 atom stereocenters. The molecule has 2 aromatic carbocycles. The van der Waals surface area contributed by atoms with Crippen molar-refractivity contribution in [3.8, 4) is 5.75 Å². The number of nitrogens with zero attached hydrogens (tertiary/aromatic N) is 3. The molecule has 0 bridgehead atoms. The molecule has 1 aliphatic rings. The Labute approximate surface area is 178 Å². The highest BCUT2D eigenvalue weighted by atomic mass is 79.9. The van der Waals surface area contributed by atoms with E-state index in [-0.39, 0.29) is 0 Å². The predicted molar refractivity (Wildman–Crippen MR) is 120 cm³/mol. The topological polar surface area (TPSA) is 58.9 Å². The number of aliphatic imine (C=N–C) groups is 1. The fourth-order valence-corrected chi connectivity index (χ4v) is 3.37. The van der Waals surface area contributed by atoms with Gasteiger partial charge in [-0.25, -0.2) is 4.99 Å². The van der Waals surface area contributed by atoms with E-state index < -0.39 is 0 Å². The van der Waals surface area contributed by atoms with Crippen molar-refractivity contribution in [3.63, 3.8) is 0 Å². The molecular weight excluding hydrogens is 428 g/mol. The van der Waals surface area contributed by atoms with Crippen LogP contribution in [0.4, 0.5) is 5.69 Å². The number of unbranched alkanes of at least 4 members (excludes halogenated alkanes) is 1. The SMILES string of the molecule is CCCCOc1ccc(C2=NNC(c3cccnc3)=Nc3ccc(Br)cc32)cc1. The summed E-state index contributed by atoms with van der Waals surface area (Å²) in [4.78, 5) is 8.99. The minimum absolute atomic E-state index is 0.663. The zero-order valence-corrected chi connectivity index (χ0v) is 17.7. The summed E-state index contributed by atoms with van der Waals surface area (Å²) in [6.45, 7) is 2.89. The van der Waals surface area contributed by atoms with Crippen LogP contribution in [0, 0.1) is 0 Å². The summed E-state index contributed by atoms with van der Waals surface area (Å²) in [5.41, 5.74) is 7.61. The van der Waals surface area contributed by atoms with E-state index in [1.807, 2.05) is 54.6 Å². The Morgan fingerprint density at radius 1 is 1.03 bits per heavy atom. The van der Waals surface area contributed by atoms with Gasteiger partial charge in [-0.1, -0.05) is 29.3 Å². The fraction of sp³-hybridized carbons (Fsp3) is 0.174. The molecule has 6 heteroatoms. The van der Waals surface area contributed by atoms with Gasteiger partial charge in [0, 0.05) is 33.6 Å². The van der Waals surface area contributed by atoms with Gasteiger partial charge >= 0.3 is 0 Å². The number of aromatic nitrogens is 1. The number of halogens is 1. The summed E-state index contributed by atoms with van der Waals surface area (Å²) in [6.07, 6.45) is 5.68. The molecule has 1 N–H and O–H groups in total. The number of ether oxygens (including phenoxy) is 1. The summed E-state index contributed by atoms with van der Waals surface area (Å²) >= 11 is 3.57. The lowest BCUT2D eigenvalue weighted by Gasteiger charge is -2.10. The minimum atomic E-state index is 0.663. The maximum Gasteiger partial charge on any atom is 0.155 e. The average Bonchev–Trinajstić information content (AvgIpc) is 2.95. The maximum absolute atomic E-state index is 5.78. The number of fused-ring (bicyclic) bond motifs is 1. The molecule has 146 valence electrons. The van der Waals surface area contributed by atoms with E-state index >= 15 is 0 Å². The number of amidine groups is 1. The van der Waals surface area contributed by atoms with Crippen molar-refractivity contribution in [2.45, 2.75) is 19.8 Å². The van der Waals surface area contributed by atoms with Crippen LogP contribution in [-0.4, -0.2) is 23.1 Å². The molecule has 0 radical (unpaired) electrons. The summed E-state index contributed by atoms with van der Waals surface area (Å²) in [6, 6.07) is 17.9. The highest BCUT2D eigenvalue weighted by molar-refractivity contribution is 9.10. The van der Waals surface area contributed by atoms with Gasteiger partial charge in [0.15, 0.2) is 5.84 Å². The van der Waals surface area contributed by atoms with Gasteiger partial charge in [-0.2, -0.15) is 5.10 Å². The van der Waals surface area contributed by atoms with Crippen LogP contribution in [0.3, 0.4) is 0 Å². The van der Waals surface area contributed by atoms with Crippen LogP contribution in [0.15, 0.2) is 81.6 Å². The van der Waals surface area contributed by atoms with Gasteiger partial charge in [0.05, 0.1) is 12.3 Å². The Bertz CT molecular complexity index is 1050. The number of pyridine rings is 1. The predicted octanol–water partition coefficient (Wildman–Crippen LogP) is 5.46. The Morgan fingerprint density at radius 3 is 2.66 bits per heavy atom. The Balaban J connectivity index is 1.70. The lowest BCUT2D eigenvalue weighted by atomic mass is 10.0. The van der Waals surface area contributed by atoms with Gasteiger partial charge < -0.3 is 4.74 Å². The summed E-state index contributed by atoms with van der Waals surface area (Å²) in [5.74, 6) is 1.53. The smallest absolute Gasteiger partial charge is 0.155 e. The molecule has 1 aliphatic heterocycles. The van der Waals surface area contributed by atoms with Crippen LogP contribution in [-0.2, 0) is 0 Å². The maximum atomic E-state index is 5.78. The van der Waals surface area contributed by atoms with Gasteiger partial charge in [0.1, 0.15) is 11.5 Å². The quantitative estimate of drug-likeness (QED) is 0.509. The molecule has 0 spiro atoms. The van der Waals surface area contributed by atoms with E-state index in [0.29, 0.717) is 5.84 Å². The lowest BCUT2D eigenvalue weighted by molar-refractivity contribution is 0.309. The number of hydrazone groups is 1. The molecule has 0 amide bonds. The molecule has 2 heterocycles. The number of hydrogen-bond acceptors (Lipinski definition) is 5. The van der Waals surface area contributed by atoms with E-state index in [2.05, 4.69) is 38.4 Å². The van der Waals surface area contributed by atoms with Crippen molar-refractivity contribution in [1.29, 1.82) is 0 Å². The molecule has 4 rings (SSSR count). The highest BCUT2D eigenvalue weighted by Gasteiger charge is 2.18. The van der Waals surface area contributed by atoms with Crippen LogP contribution >= 0.6 is 15.9 Å². The first-order valence-corrected chi connectivity index (χ1v) is 10.4. The second kappa shape index (κ2) is 9.01. The van der Waals surface area contributed by atoms with Gasteiger partial charge in [-0.3, -0.25) is 10.4 Å². The van der Waals surface area contributed by atoms with Crippen LogP contribution in [0.1, 0.15) is 36.5 Å². The zero-order chi connectivity index (χ0) is 20.1. The van der Waals surface area contributed by atoms with E-state index in [1.165, 1.54) is 0 Å². The Hall–Kier alpha value is -2.99. The minimum Gasteiger partial charge on any atom is -0.494 e. The van der Waals surface area contributed by atoms with Crippen molar-refractivity contribution in [2.75, 3.05) is 6.61 Å². The summed E-state index contributed by atoms with van der Waals surface area (Å²) < 4.78 is 6.76. The van der Waals surface area contributed by atoms with E-state index in [9.17, 15) is 0 Å². The molecule has 0 saturated carbocycles. The van der Waals surface area contributed by atoms with E-state index in [0.717, 1.165) is 57.8 Å². The first-order chi connectivity index (χ1) is 14.2. The van der Waals surface area contributed by atoms with Gasteiger partial charge in [-0.15, -0.1) is 0 Å². The number of rotatable bonds is 6. The first kappa shape index (κ1) is 19.3. The Morgan fingerprint density at radius 2 is 1.90 bits per heavy atom. The number of hydrogen-bond donors (Lipinski definition) is 1. The van der Waals surface area contributed by atoms with Crippen molar-refractivity contribution in [2.24, 2.45) is 10.1 Å². The van der Waals surface area contributed by atoms with Gasteiger partial charge in [0.2, 0.25) is 0 Å². The monoisotopic (exact) mass is 448 g/mol. The Kier molecular flexibility index (Phi) is 6.00. The third-order valence-corrected chi connectivity index (χ3v) is 5.04. The van der Waals surface area contributed by atoms with E-state index in [1.54, 1.807) is 12.4 Å². The normalized spacial score (nSPS) is 12.9. The van der Waals surface area contributed by atoms with Crippen molar-refractivity contribution in [1.82, 2.24) is 10.4 Å². The molecule has 29 heavy (non-hydrogen) atoms.